The highest BCUT2D eigenvalue weighted by Gasteiger charge is 2.19. The second-order valence-electron chi connectivity index (χ2n) is 3.23. The summed E-state index contributed by atoms with van der Waals surface area (Å²) in [5, 5.41) is 4.19. The van der Waals surface area contributed by atoms with E-state index in [2.05, 4.69) is 0 Å². The molecule has 5 heteroatoms. The Balaban J connectivity index is 3.21. The minimum Gasteiger partial charge on any atom is -0.228 e. The molecule has 0 fully saturated rings. The van der Waals surface area contributed by atoms with Gasteiger partial charge in [-0.05, 0) is 37.1 Å². The lowest BCUT2D eigenvalue weighted by molar-refractivity contribution is 0.586. The van der Waals surface area contributed by atoms with Gasteiger partial charge in [0.2, 0.25) is 10.0 Å². The van der Waals surface area contributed by atoms with Gasteiger partial charge in [0.25, 0.3) is 0 Å². The van der Waals surface area contributed by atoms with Crippen molar-refractivity contribution in [2.75, 3.05) is 0 Å². The average molecular weight is 217 g/mol. The normalized spacial score (nSPS) is 14.0. The van der Waals surface area contributed by atoms with Crippen molar-refractivity contribution in [1.29, 1.82) is 0 Å². The van der Waals surface area contributed by atoms with E-state index in [0.717, 1.165) is 0 Å². The van der Waals surface area contributed by atoms with E-state index in [1.807, 2.05) is 0 Å². The zero-order chi connectivity index (χ0) is 10.9. The molecule has 78 valence electrons. The first-order valence-electron chi connectivity index (χ1n) is 4.10. The molecular formula is C9H12FNO2S. The molecular weight excluding hydrogens is 205 g/mol. The van der Waals surface area contributed by atoms with Crippen molar-refractivity contribution in [3.05, 3.63) is 35.1 Å². The molecule has 1 aromatic carbocycles. The van der Waals surface area contributed by atoms with Crippen LogP contribution in [0, 0.1) is 12.7 Å². The lowest BCUT2D eigenvalue weighted by atomic mass is 10.1. The van der Waals surface area contributed by atoms with Crippen LogP contribution in [0.3, 0.4) is 0 Å². The van der Waals surface area contributed by atoms with Crippen LogP contribution in [0.25, 0.3) is 0 Å². The molecule has 0 radical (unpaired) electrons. The third kappa shape index (κ3) is 2.30. The van der Waals surface area contributed by atoms with Crippen LogP contribution in [0.5, 0.6) is 0 Å². The van der Waals surface area contributed by atoms with Gasteiger partial charge in [-0.1, -0.05) is 6.07 Å². The summed E-state index contributed by atoms with van der Waals surface area (Å²) in [6.45, 7) is 3.13. The Kier molecular flexibility index (Phi) is 2.92. The van der Waals surface area contributed by atoms with E-state index in [0.29, 0.717) is 11.1 Å². The zero-order valence-electron chi connectivity index (χ0n) is 7.99. The summed E-state index contributed by atoms with van der Waals surface area (Å²) in [5.74, 6) is -0.382. The topological polar surface area (TPSA) is 60.2 Å². The number of aryl methyl sites for hydroxylation is 1. The van der Waals surface area contributed by atoms with E-state index >= 15 is 0 Å². The van der Waals surface area contributed by atoms with Crippen molar-refractivity contribution >= 4 is 10.0 Å². The Morgan fingerprint density at radius 3 is 2.43 bits per heavy atom. The van der Waals surface area contributed by atoms with E-state index in [1.165, 1.54) is 25.1 Å². The molecule has 0 amide bonds. The fraction of sp³-hybridized carbons (Fsp3) is 0.333. The summed E-state index contributed by atoms with van der Waals surface area (Å²) in [6, 6.07) is 3.96. The Bertz CT molecular complexity index is 442. The standard InChI is InChI=1S/C9H12FNO2S/c1-6-5-8(10)3-4-9(6)7(2)14(11,12)13/h3-5,7H,1-2H3,(H2,11,12,13)/t7-/m1/s1. The maximum Gasteiger partial charge on any atom is 0.215 e. The maximum absolute atomic E-state index is 12.7. The first kappa shape index (κ1) is 11.1. The van der Waals surface area contributed by atoms with Crippen molar-refractivity contribution in [3.63, 3.8) is 0 Å². The van der Waals surface area contributed by atoms with Gasteiger partial charge in [0, 0.05) is 0 Å². The van der Waals surface area contributed by atoms with Crippen LogP contribution in [-0.4, -0.2) is 8.42 Å². The summed E-state index contributed by atoms with van der Waals surface area (Å²) >= 11 is 0. The molecule has 0 aliphatic carbocycles. The minimum absolute atomic E-state index is 0.382. The highest BCUT2D eigenvalue weighted by molar-refractivity contribution is 7.89. The summed E-state index contributed by atoms with van der Waals surface area (Å²) in [4.78, 5) is 0. The van der Waals surface area contributed by atoms with E-state index in [4.69, 9.17) is 5.14 Å². The zero-order valence-corrected chi connectivity index (χ0v) is 8.81. The van der Waals surface area contributed by atoms with Crippen molar-refractivity contribution in [1.82, 2.24) is 0 Å². The van der Waals surface area contributed by atoms with Crippen LogP contribution in [0.15, 0.2) is 18.2 Å². The maximum atomic E-state index is 12.7. The molecule has 14 heavy (non-hydrogen) atoms. The number of primary sulfonamides is 1. The van der Waals surface area contributed by atoms with Crippen LogP contribution in [0.2, 0.25) is 0 Å². The van der Waals surface area contributed by atoms with Crippen LogP contribution >= 0.6 is 0 Å². The van der Waals surface area contributed by atoms with Crippen LogP contribution in [0.4, 0.5) is 4.39 Å². The molecule has 2 N–H and O–H groups in total. The Morgan fingerprint density at radius 2 is 2.00 bits per heavy atom. The van der Waals surface area contributed by atoms with Gasteiger partial charge in [-0.15, -0.1) is 0 Å². The fourth-order valence-corrected chi connectivity index (χ4v) is 1.89. The molecule has 1 aromatic rings. The van der Waals surface area contributed by atoms with Gasteiger partial charge in [0.05, 0.1) is 5.25 Å². The summed E-state index contributed by atoms with van der Waals surface area (Å²) in [6.07, 6.45) is 0. The molecule has 0 saturated carbocycles. The Labute approximate surface area is 82.8 Å². The fourth-order valence-electron chi connectivity index (χ4n) is 1.27. The van der Waals surface area contributed by atoms with E-state index in [-0.39, 0.29) is 5.82 Å². The molecule has 0 heterocycles. The number of rotatable bonds is 2. The molecule has 1 rings (SSSR count). The summed E-state index contributed by atoms with van der Waals surface area (Å²) in [7, 11) is -3.61. The molecule has 0 aliphatic heterocycles. The summed E-state index contributed by atoms with van der Waals surface area (Å²) < 4.78 is 34.8. The Morgan fingerprint density at radius 1 is 1.43 bits per heavy atom. The lowest BCUT2D eigenvalue weighted by Gasteiger charge is -2.12. The molecule has 0 aromatic heterocycles. The molecule has 0 bridgehead atoms. The third-order valence-electron chi connectivity index (χ3n) is 2.16. The molecule has 3 nitrogen and oxygen atoms in total. The molecule has 0 saturated heterocycles. The van der Waals surface area contributed by atoms with E-state index < -0.39 is 15.3 Å². The second kappa shape index (κ2) is 3.67. The Hall–Kier alpha value is -0.940. The predicted octanol–water partition coefficient (Wildman–Crippen LogP) is 1.48. The number of nitrogens with two attached hydrogens (primary N) is 1. The molecule has 0 unspecified atom stereocenters. The number of sulfonamides is 1. The van der Waals surface area contributed by atoms with Crippen molar-refractivity contribution in [2.24, 2.45) is 5.14 Å². The van der Waals surface area contributed by atoms with Gasteiger partial charge in [0.15, 0.2) is 0 Å². The minimum atomic E-state index is -3.61. The van der Waals surface area contributed by atoms with Crippen LogP contribution < -0.4 is 5.14 Å². The monoisotopic (exact) mass is 217 g/mol. The van der Waals surface area contributed by atoms with Crippen molar-refractivity contribution in [2.45, 2.75) is 19.1 Å². The third-order valence-corrected chi connectivity index (χ3v) is 3.40. The molecule has 1 atom stereocenters. The molecule has 0 spiro atoms. The van der Waals surface area contributed by atoms with Crippen LogP contribution in [-0.2, 0) is 10.0 Å². The number of hydrogen-bond donors (Lipinski definition) is 1. The lowest BCUT2D eigenvalue weighted by Crippen LogP contribution is -2.19. The number of halogens is 1. The number of benzene rings is 1. The van der Waals surface area contributed by atoms with Crippen LogP contribution in [0.1, 0.15) is 23.3 Å². The first-order valence-corrected chi connectivity index (χ1v) is 5.71. The average Bonchev–Trinajstić information content (AvgIpc) is 2.01. The van der Waals surface area contributed by atoms with Gasteiger partial charge < -0.3 is 0 Å². The van der Waals surface area contributed by atoms with E-state index in [9.17, 15) is 12.8 Å². The predicted molar refractivity (Wildman–Crippen MR) is 52.7 cm³/mol. The summed E-state index contributed by atoms with van der Waals surface area (Å²) in [5.41, 5.74) is 1.13. The highest BCUT2D eigenvalue weighted by atomic mass is 32.2. The van der Waals surface area contributed by atoms with Crippen molar-refractivity contribution < 1.29 is 12.8 Å². The highest BCUT2D eigenvalue weighted by Crippen LogP contribution is 2.23. The van der Waals surface area contributed by atoms with Gasteiger partial charge in [0.1, 0.15) is 5.82 Å². The van der Waals surface area contributed by atoms with Gasteiger partial charge in [-0.25, -0.2) is 17.9 Å². The molecule has 0 aliphatic rings. The quantitative estimate of drug-likeness (QED) is 0.815. The van der Waals surface area contributed by atoms with Crippen molar-refractivity contribution in [3.8, 4) is 0 Å². The van der Waals surface area contributed by atoms with Gasteiger partial charge in [-0.3, -0.25) is 0 Å². The number of hydrogen-bond acceptors (Lipinski definition) is 2. The van der Waals surface area contributed by atoms with E-state index in [1.54, 1.807) is 6.92 Å². The smallest absolute Gasteiger partial charge is 0.215 e. The second-order valence-corrected chi connectivity index (χ2v) is 5.12. The first-order chi connectivity index (χ1) is 6.32. The SMILES string of the molecule is Cc1cc(F)ccc1[C@@H](C)S(N)(=O)=O. The van der Waals surface area contributed by atoms with Gasteiger partial charge >= 0.3 is 0 Å². The largest absolute Gasteiger partial charge is 0.228 e. The van der Waals surface area contributed by atoms with Gasteiger partial charge in [-0.2, -0.15) is 0 Å².